The molecule has 0 spiro atoms. The first-order chi connectivity index (χ1) is 9.70. The van der Waals surface area contributed by atoms with Crippen LogP contribution in [0, 0.1) is 0 Å². The van der Waals surface area contributed by atoms with Crippen LogP contribution in [0.3, 0.4) is 0 Å². The van der Waals surface area contributed by atoms with Gasteiger partial charge in [-0.3, -0.25) is 0 Å². The molecule has 0 aliphatic carbocycles. The molecule has 0 unspecified atom stereocenters. The van der Waals surface area contributed by atoms with Crippen molar-refractivity contribution in [2.24, 2.45) is 0 Å². The molecule has 0 radical (unpaired) electrons. The van der Waals surface area contributed by atoms with E-state index in [0.29, 0.717) is 25.7 Å². The summed E-state index contributed by atoms with van der Waals surface area (Å²) in [4.78, 5) is 18.9. The fourth-order valence-electron chi connectivity index (χ4n) is 2.37. The zero-order valence-electron chi connectivity index (χ0n) is 12.1. The Labute approximate surface area is 120 Å². The van der Waals surface area contributed by atoms with E-state index >= 15 is 0 Å². The molecule has 0 N–H and O–H groups in total. The van der Waals surface area contributed by atoms with Crippen molar-refractivity contribution < 1.29 is 14.4 Å². The van der Waals surface area contributed by atoms with Gasteiger partial charge in [-0.25, -0.2) is 4.79 Å². The molecular formula is C15H22N2O3. The number of amides is 1. The quantitative estimate of drug-likeness (QED) is 0.792. The summed E-state index contributed by atoms with van der Waals surface area (Å²) in [6.45, 7) is 1.76. The Bertz CT molecular complexity index is 416. The van der Waals surface area contributed by atoms with Gasteiger partial charge in [0.25, 0.3) is 0 Å². The second kappa shape index (κ2) is 7.26. The number of hydroxylamine groups is 2. The van der Waals surface area contributed by atoms with Gasteiger partial charge in [0, 0.05) is 26.2 Å². The summed E-state index contributed by atoms with van der Waals surface area (Å²) in [6.07, 6.45) is 1.59. The van der Waals surface area contributed by atoms with E-state index < -0.39 is 0 Å². The summed E-state index contributed by atoms with van der Waals surface area (Å²) in [5.74, 6) is 0. The second-order valence-electron chi connectivity index (χ2n) is 4.99. The maximum absolute atomic E-state index is 12.0. The Morgan fingerprint density at radius 3 is 2.55 bits per heavy atom. The number of carbonyl (C=O) groups excluding carboxylic acids is 1. The molecule has 2 rings (SSSR count). The van der Waals surface area contributed by atoms with Crippen LogP contribution >= 0.6 is 0 Å². The first-order valence-electron chi connectivity index (χ1n) is 6.93. The number of benzene rings is 1. The topological polar surface area (TPSA) is 42.0 Å². The molecule has 1 heterocycles. The first kappa shape index (κ1) is 14.8. The van der Waals surface area contributed by atoms with Crippen LogP contribution in [0.5, 0.6) is 0 Å². The predicted molar refractivity (Wildman–Crippen MR) is 76.0 cm³/mol. The van der Waals surface area contributed by atoms with Crippen molar-refractivity contribution in [3.8, 4) is 0 Å². The van der Waals surface area contributed by atoms with E-state index in [-0.39, 0.29) is 6.09 Å². The molecular weight excluding hydrogens is 256 g/mol. The molecule has 1 amide bonds. The number of likely N-dealkylation sites (tertiary alicyclic amines) is 1. The molecule has 5 heteroatoms. The zero-order chi connectivity index (χ0) is 14.4. The monoisotopic (exact) mass is 278 g/mol. The van der Waals surface area contributed by atoms with E-state index in [9.17, 15) is 4.79 Å². The molecule has 0 bridgehead atoms. The van der Waals surface area contributed by atoms with Crippen LogP contribution in [-0.2, 0) is 16.2 Å². The van der Waals surface area contributed by atoms with Crippen LogP contribution in [0.1, 0.15) is 18.4 Å². The highest BCUT2D eigenvalue weighted by atomic mass is 16.7. The van der Waals surface area contributed by atoms with Crippen LogP contribution in [-0.4, -0.2) is 49.3 Å². The van der Waals surface area contributed by atoms with Gasteiger partial charge in [-0.15, -0.1) is 0 Å². The van der Waals surface area contributed by atoms with Crippen LogP contribution in [0.4, 0.5) is 4.79 Å². The third-order valence-corrected chi connectivity index (χ3v) is 3.73. The number of rotatable bonds is 4. The Balaban J connectivity index is 1.75. The van der Waals surface area contributed by atoms with Crippen molar-refractivity contribution in [2.45, 2.75) is 25.5 Å². The number of carbonyl (C=O) groups is 1. The minimum atomic E-state index is -0.229. The van der Waals surface area contributed by atoms with Crippen molar-refractivity contribution in [2.75, 3.05) is 27.2 Å². The maximum atomic E-state index is 12.0. The van der Waals surface area contributed by atoms with E-state index in [0.717, 1.165) is 18.4 Å². The minimum Gasteiger partial charge on any atom is -0.445 e. The molecule has 0 atom stereocenters. The number of nitrogens with zero attached hydrogens (tertiary/aromatic N) is 2. The molecule has 20 heavy (non-hydrogen) atoms. The molecule has 0 aromatic heterocycles. The Kier molecular flexibility index (Phi) is 5.38. The van der Waals surface area contributed by atoms with Crippen LogP contribution in [0.15, 0.2) is 30.3 Å². The van der Waals surface area contributed by atoms with Gasteiger partial charge in [-0.05, 0) is 18.4 Å². The van der Waals surface area contributed by atoms with Gasteiger partial charge in [-0.2, -0.15) is 5.06 Å². The molecule has 1 aromatic carbocycles. The van der Waals surface area contributed by atoms with Crippen LogP contribution < -0.4 is 0 Å². The average Bonchev–Trinajstić information content (AvgIpc) is 2.53. The summed E-state index contributed by atoms with van der Waals surface area (Å²) >= 11 is 0. The molecule has 1 aliphatic heterocycles. The fourth-order valence-corrected chi connectivity index (χ4v) is 2.37. The molecule has 110 valence electrons. The largest absolute Gasteiger partial charge is 0.445 e. The zero-order valence-corrected chi connectivity index (χ0v) is 12.1. The lowest BCUT2D eigenvalue weighted by Crippen LogP contribution is -2.45. The molecule has 0 saturated carbocycles. The van der Waals surface area contributed by atoms with Gasteiger partial charge < -0.3 is 14.5 Å². The number of piperidine rings is 1. The van der Waals surface area contributed by atoms with E-state index in [1.165, 1.54) is 0 Å². The summed E-state index contributed by atoms with van der Waals surface area (Å²) in [6, 6.07) is 10.1. The lowest BCUT2D eigenvalue weighted by atomic mass is 10.1. The Hall–Kier alpha value is -1.59. The summed E-state index contributed by atoms with van der Waals surface area (Å²) in [5.41, 5.74) is 1.01. The highest BCUT2D eigenvalue weighted by Gasteiger charge is 2.26. The maximum Gasteiger partial charge on any atom is 0.410 e. The van der Waals surface area contributed by atoms with Crippen molar-refractivity contribution in [3.05, 3.63) is 35.9 Å². The SMILES string of the molecule is CON(C)C1CCN(C(=O)OCc2ccccc2)CC1. The van der Waals surface area contributed by atoms with Gasteiger partial charge in [-0.1, -0.05) is 30.3 Å². The van der Waals surface area contributed by atoms with Gasteiger partial charge in [0.1, 0.15) is 6.61 Å². The van der Waals surface area contributed by atoms with E-state index in [1.54, 1.807) is 12.0 Å². The van der Waals surface area contributed by atoms with E-state index in [2.05, 4.69) is 0 Å². The molecule has 1 saturated heterocycles. The minimum absolute atomic E-state index is 0.229. The number of ether oxygens (including phenoxy) is 1. The second-order valence-corrected chi connectivity index (χ2v) is 4.99. The summed E-state index contributed by atoms with van der Waals surface area (Å²) in [5, 5.41) is 1.85. The lowest BCUT2D eigenvalue weighted by Gasteiger charge is -2.34. The molecule has 1 aromatic rings. The van der Waals surface area contributed by atoms with Crippen LogP contribution in [0.2, 0.25) is 0 Å². The third-order valence-electron chi connectivity index (χ3n) is 3.73. The van der Waals surface area contributed by atoms with Crippen molar-refractivity contribution in [1.29, 1.82) is 0 Å². The van der Waals surface area contributed by atoms with Gasteiger partial charge in [0.05, 0.1) is 7.11 Å². The normalized spacial score (nSPS) is 16.4. The van der Waals surface area contributed by atoms with Gasteiger partial charge >= 0.3 is 6.09 Å². The van der Waals surface area contributed by atoms with Crippen molar-refractivity contribution >= 4 is 6.09 Å². The first-order valence-corrected chi connectivity index (χ1v) is 6.93. The number of hydrogen-bond acceptors (Lipinski definition) is 4. The van der Waals surface area contributed by atoms with Gasteiger partial charge in [0.15, 0.2) is 0 Å². The molecule has 5 nitrogen and oxygen atoms in total. The van der Waals surface area contributed by atoms with Crippen molar-refractivity contribution in [1.82, 2.24) is 9.96 Å². The molecule has 1 fully saturated rings. The average molecular weight is 278 g/mol. The number of hydrogen-bond donors (Lipinski definition) is 0. The Morgan fingerprint density at radius 2 is 1.95 bits per heavy atom. The molecule has 1 aliphatic rings. The standard InChI is InChI=1S/C15H22N2O3/c1-16(19-2)14-8-10-17(11-9-14)15(18)20-12-13-6-4-3-5-7-13/h3-7,14H,8-12H2,1-2H3. The van der Waals surface area contributed by atoms with Crippen LogP contribution in [0.25, 0.3) is 0 Å². The highest BCUT2D eigenvalue weighted by Crippen LogP contribution is 2.16. The highest BCUT2D eigenvalue weighted by molar-refractivity contribution is 5.67. The smallest absolute Gasteiger partial charge is 0.410 e. The fraction of sp³-hybridized carbons (Fsp3) is 0.533. The summed E-state index contributed by atoms with van der Waals surface area (Å²) in [7, 11) is 3.59. The Morgan fingerprint density at radius 1 is 1.30 bits per heavy atom. The van der Waals surface area contributed by atoms with E-state index in [1.807, 2.05) is 42.4 Å². The summed E-state index contributed by atoms with van der Waals surface area (Å²) < 4.78 is 5.33. The lowest BCUT2D eigenvalue weighted by molar-refractivity contribution is -0.150. The predicted octanol–water partition coefficient (Wildman–Crippen LogP) is 2.28. The van der Waals surface area contributed by atoms with Crippen molar-refractivity contribution in [3.63, 3.8) is 0 Å². The third kappa shape index (κ3) is 3.95. The van der Waals surface area contributed by atoms with Gasteiger partial charge in [0.2, 0.25) is 0 Å². The van der Waals surface area contributed by atoms with E-state index in [4.69, 9.17) is 9.57 Å².